The number of pyridine rings is 1. The molecule has 0 aromatic carbocycles. The number of ketones is 1. The maximum atomic E-state index is 12.1. The standard InChI is InChI=1S/C20H27N3O3/c1-13-12-22-18(15(3)25)10-16(13)19(17(11-21)14(2)24)23-8-6-20(4,26-5)7-9-23/h10,12,15,25H,6-9H2,1-5H3/b19-17+/t15-/m1/s1. The first-order valence-corrected chi connectivity index (χ1v) is 8.83. The molecule has 0 unspecified atom stereocenters. The van der Waals surface area contributed by atoms with Crippen LogP contribution in [0.3, 0.4) is 0 Å². The number of hydrogen-bond donors (Lipinski definition) is 1. The van der Waals surface area contributed by atoms with Crippen molar-refractivity contribution in [2.45, 2.75) is 52.2 Å². The Hall–Kier alpha value is -2.23. The Balaban J connectivity index is 2.57. The Morgan fingerprint density at radius 1 is 1.46 bits per heavy atom. The number of carbonyl (C=O) groups is 1. The van der Waals surface area contributed by atoms with Gasteiger partial charge in [0.05, 0.1) is 23.1 Å². The SMILES string of the molecule is COC1(C)CCN(/C(=C(\C#N)C(C)=O)c2cc([C@@H](C)O)ncc2C)CC1. The van der Waals surface area contributed by atoms with E-state index in [1.54, 1.807) is 26.3 Å². The highest BCUT2D eigenvalue weighted by molar-refractivity contribution is 6.04. The highest BCUT2D eigenvalue weighted by Gasteiger charge is 2.32. The molecule has 0 radical (unpaired) electrons. The Kier molecular flexibility index (Phi) is 6.17. The van der Waals surface area contributed by atoms with E-state index in [0.29, 0.717) is 24.5 Å². The van der Waals surface area contributed by atoms with Crippen LogP contribution < -0.4 is 0 Å². The number of nitriles is 1. The van der Waals surface area contributed by atoms with E-state index < -0.39 is 6.10 Å². The second-order valence-electron chi connectivity index (χ2n) is 7.13. The first-order chi connectivity index (χ1) is 12.2. The number of aromatic nitrogens is 1. The molecule has 1 fully saturated rings. The van der Waals surface area contributed by atoms with E-state index in [1.807, 2.05) is 6.92 Å². The summed E-state index contributed by atoms with van der Waals surface area (Å²) >= 11 is 0. The zero-order valence-corrected chi connectivity index (χ0v) is 16.2. The van der Waals surface area contributed by atoms with Crippen LogP contribution in [0.5, 0.6) is 0 Å². The zero-order chi connectivity index (χ0) is 19.5. The van der Waals surface area contributed by atoms with Crippen molar-refractivity contribution < 1.29 is 14.6 Å². The van der Waals surface area contributed by atoms with Gasteiger partial charge in [0.15, 0.2) is 5.78 Å². The monoisotopic (exact) mass is 357 g/mol. The molecule has 1 atom stereocenters. The van der Waals surface area contributed by atoms with E-state index in [9.17, 15) is 15.2 Å². The lowest BCUT2D eigenvalue weighted by atomic mass is 9.91. The van der Waals surface area contributed by atoms with Gasteiger partial charge in [-0.1, -0.05) is 0 Å². The third-order valence-electron chi connectivity index (χ3n) is 5.14. The molecule has 2 rings (SSSR count). The van der Waals surface area contributed by atoms with Crippen LogP contribution >= 0.6 is 0 Å². The summed E-state index contributed by atoms with van der Waals surface area (Å²) in [6.07, 6.45) is 2.56. The number of aliphatic hydroxyl groups excluding tert-OH is 1. The normalized spacial score (nSPS) is 18.7. The third-order valence-corrected chi connectivity index (χ3v) is 5.14. The first kappa shape index (κ1) is 20.1. The molecule has 1 saturated heterocycles. The molecule has 6 heteroatoms. The number of methoxy groups -OCH3 is 1. The van der Waals surface area contributed by atoms with Gasteiger partial charge in [0.25, 0.3) is 0 Å². The van der Waals surface area contributed by atoms with Gasteiger partial charge in [0.2, 0.25) is 0 Å². The van der Waals surface area contributed by atoms with E-state index in [4.69, 9.17) is 4.74 Å². The van der Waals surface area contributed by atoms with Gasteiger partial charge in [-0.15, -0.1) is 0 Å². The summed E-state index contributed by atoms with van der Waals surface area (Å²) in [6, 6.07) is 3.86. The molecule has 1 aliphatic rings. The minimum Gasteiger partial charge on any atom is -0.387 e. The van der Waals surface area contributed by atoms with Crippen molar-refractivity contribution in [1.29, 1.82) is 5.26 Å². The number of aryl methyl sites for hydroxylation is 1. The van der Waals surface area contributed by atoms with Crippen molar-refractivity contribution in [3.05, 3.63) is 34.7 Å². The Bertz CT molecular complexity index is 754. The molecule has 26 heavy (non-hydrogen) atoms. The van der Waals surface area contributed by atoms with E-state index in [1.165, 1.54) is 6.92 Å². The van der Waals surface area contributed by atoms with Gasteiger partial charge in [-0.2, -0.15) is 5.26 Å². The highest BCUT2D eigenvalue weighted by Crippen LogP contribution is 2.34. The summed E-state index contributed by atoms with van der Waals surface area (Å²) in [6.45, 7) is 8.40. The Labute approximate surface area is 155 Å². The summed E-state index contributed by atoms with van der Waals surface area (Å²) in [7, 11) is 1.71. The molecular weight excluding hydrogens is 330 g/mol. The van der Waals surface area contributed by atoms with Gasteiger partial charge < -0.3 is 14.7 Å². The maximum Gasteiger partial charge on any atom is 0.172 e. The van der Waals surface area contributed by atoms with Crippen molar-refractivity contribution in [3.8, 4) is 6.07 Å². The Morgan fingerprint density at radius 2 is 2.08 bits per heavy atom. The van der Waals surface area contributed by atoms with E-state index >= 15 is 0 Å². The molecule has 2 heterocycles. The van der Waals surface area contributed by atoms with Crippen LogP contribution in [0.15, 0.2) is 17.8 Å². The van der Waals surface area contributed by atoms with Crippen LogP contribution in [0.25, 0.3) is 5.70 Å². The lowest BCUT2D eigenvalue weighted by molar-refractivity contribution is -0.113. The van der Waals surface area contributed by atoms with Crippen LogP contribution in [-0.2, 0) is 9.53 Å². The number of carbonyl (C=O) groups excluding carboxylic acids is 1. The number of aliphatic hydroxyl groups is 1. The quantitative estimate of drug-likeness (QED) is 0.644. The summed E-state index contributed by atoms with van der Waals surface area (Å²) in [5.74, 6) is -0.266. The third kappa shape index (κ3) is 4.12. The van der Waals surface area contributed by atoms with Gasteiger partial charge in [-0.25, -0.2) is 0 Å². The van der Waals surface area contributed by atoms with Gasteiger partial charge in [0.1, 0.15) is 11.6 Å². The van der Waals surface area contributed by atoms with Crippen molar-refractivity contribution in [2.75, 3.05) is 20.2 Å². The minimum absolute atomic E-state index is 0.136. The number of Topliss-reactive ketones (excluding diaryl/α,β-unsaturated/α-hetero) is 1. The number of allylic oxidation sites excluding steroid dienone is 1. The number of hydrogen-bond acceptors (Lipinski definition) is 6. The number of piperidine rings is 1. The summed E-state index contributed by atoms with van der Waals surface area (Å²) in [5.41, 5.74) is 2.71. The fraction of sp³-hybridized carbons (Fsp3) is 0.550. The molecule has 1 aliphatic heterocycles. The average Bonchev–Trinajstić information content (AvgIpc) is 2.61. The fourth-order valence-corrected chi connectivity index (χ4v) is 3.19. The number of nitrogens with zero attached hydrogens (tertiary/aromatic N) is 3. The number of likely N-dealkylation sites (tertiary alicyclic amines) is 1. The second kappa shape index (κ2) is 7.98. The molecule has 0 bridgehead atoms. The van der Waals surface area contributed by atoms with Gasteiger partial charge in [-0.3, -0.25) is 9.78 Å². The van der Waals surface area contributed by atoms with Crippen LogP contribution in [0, 0.1) is 18.3 Å². The van der Waals surface area contributed by atoms with Gasteiger partial charge in [0, 0.05) is 32.0 Å². The first-order valence-electron chi connectivity index (χ1n) is 8.83. The molecular formula is C20H27N3O3. The van der Waals surface area contributed by atoms with Crippen molar-refractivity contribution in [1.82, 2.24) is 9.88 Å². The largest absolute Gasteiger partial charge is 0.387 e. The average molecular weight is 357 g/mol. The smallest absolute Gasteiger partial charge is 0.172 e. The molecule has 1 aromatic rings. The molecule has 1 aromatic heterocycles. The van der Waals surface area contributed by atoms with Crippen LogP contribution in [0.2, 0.25) is 0 Å². The minimum atomic E-state index is -0.725. The molecule has 0 spiro atoms. The Morgan fingerprint density at radius 3 is 2.54 bits per heavy atom. The number of ether oxygens (including phenoxy) is 1. The predicted octanol–water partition coefficient (Wildman–Crippen LogP) is 2.77. The maximum absolute atomic E-state index is 12.1. The van der Waals surface area contributed by atoms with E-state index in [-0.39, 0.29) is 17.0 Å². The van der Waals surface area contributed by atoms with Crippen molar-refractivity contribution in [3.63, 3.8) is 0 Å². The number of rotatable bonds is 5. The molecule has 140 valence electrons. The topological polar surface area (TPSA) is 86.5 Å². The highest BCUT2D eigenvalue weighted by atomic mass is 16.5. The van der Waals surface area contributed by atoms with E-state index in [2.05, 4.69) is 22.9 Å². The van der Waals surface area contributed by atoms with Crippen molar-refractivity contribution >= 4 is 11.5 Å². The second-order valence-corrected chi connectivity index (χ2v) is 7.13. The van der Waals surface area contributed by atoms with Crippen LogP contribution in [-0.4, -0.2) is 46.6 Å². The molecule has 1 N–H and O–H groups in total. The molecule has 0 amide bonds. The summed E-state index contributed by atoms with van der Waals surface area (Å²) in [4.78, 5) is 18.5. The molecule has 6 nitrogen and oxygen atoms in total. The summed E-state index contributed by atoms with van der Waals surface area (Å²) < 4.78 is 5.60. The van der Waals surface area contributed by atoms with Crippen LogP contribution in [0.4, 0.5) is 0 Å². The zero-order valence-electron chi connectivity index (χ0n) is 16.2. The lowest BCUT2D eigenvalue weighted by Crippen LogP contribution is -2.43. The van der Waals surface area contributed by atoms with Crippen molar-refractivity contribution in [2.24, 2.45) is 0 Å². The van der Waals surface area contributed by atoms with Gasteiger partial charge in [-0.05, 0) is 52.2 Å². The molecule has 0 saturated carbocycles. The fourth-order valence-electron chi connectivity index (χ4n) is 3.19. The van der Waals surface area contributed by atoms with Crippen LogP contribution in [0.1, 0.15) is 56.5 Å². The molecule has 0 aliphatic carbocycles. The lowest BCUT2D eigenvalue weighted by Gasteiger charge is -2.41. The van der Waals surface area contributed by atoms with E-state index in [0.717, 1.165) is 24.0 Å². The van der Waals surface area contributed by atoms with Gasteiger partial charge >= 0.3 is 0 Å². The predicted molar refractivity (Wildman–Crippen MR) is 99.0 cm³/mol. The summed E-state index contributed by atoms with van der Waals surface area (Å²) in [5, 5.41) is 19.5.